The van der Waals surface area contributed by atoms with Crippen LogP contribution in [0, 0.1) is 6.92 Å². The zero-order chi connectivity index (χ0) is 17.3. The standard InChI is InChI=1S/C19H15BrO4/c1-11(21)10-23-16-7-6-15-18(22)17(24-19(15)12(16)2)9-13-4-3-5-14(20)8-13/h3-9H,10H2,1-2H3/b17-9-. The van der Waals surface area contributed by atoms with E-state index in [0.717, 1.165) is 10.0 Å². The second-order valence-electron chi connectivity index (χ2n) is 5.55. The number of halogens is 1. The van der Waals surface area contributed by atoms with Crippen LogP contribution < -0.4 is 9.47 Å². The van der Waals surface area contributed by atoms with Crippen LogP contribution in [0.1, 0.15) is 28.4 Å². The van der Waals surface area contributed by atoms with E-state index in [1.807, 2.05) is 31.2 Å². The number of carbonyl (C=O) groups excluding carboxylic acids is 2. The number of allylic oxidation sites excluding steroid dienone is 1. The molecule has 0 aliphatic carbocycles. The molecule has 0 unspecified atom stereocenters. The minimum absolute atomic E-state index is 0.00564. The van der Waals surface area contributed by atoms with Crippen LogP contribution in [0.5, 0.6) is 11.5 Å². The Hall–Kier alpha value is -2.40. The van der Waals surface area contributed by atoms with Crippen molar-refractivity contribution in [3.8, 4) is 11.5 Å². The second-order valence-corrected chi connectivity index (χ2v) is 6.47. The Morgan fingerprint density at radius 1 is 1.29 bits per heavy atom. The molecule has 2 aromatic carbocycles. The summed E-state index contributed by atoms with van der Waals surface area (Å²) >= 11 is 3.41. The fourth-order valence-corrected chi connectivity index (χ4v) is 2.87. The fourth-order valence-electron chi connectivity index (χ4n) is 2.45. The topological polar surface area (TPSA) is 52.6 Å². The predicted molar refractivity (Wildman–Crippen MR) is 94.4 cm³/mol. The maximum absolute atomic E-state index is 12.5. The van der Waals surface area contributed by atoms with Gasteiger partial charge in [-0.1, -0.05) is 28.1 Å². The predicted octanol–water partition coefficient (Wildman–Crippen LogP) is 4.34. The van der Waals surface area contributed by atoms with Gasteiger partial charge in [-0.2, -0.15) is 0 Å². The molecule has 0 atom stereocenters. The summed E-state index contributed by atoms with van der Waals surface area (Å²) in [4.78, 5) is 23.6. The quantitative estimate of drug-likeness (QED) is 0.733. The van der Waals surface area contributed by atoms with E-state index in [0.29, 0.717) is 22.6 Å². The highest BCUT2D eigenvalue weighted by molar-refractivity contribution is 9.10. The Morgan fingerprint density at radius 3 is 2.79 bits per heavy atom. The zero-order valence-electron chi connectivity index (χ0n) is 13.3. The second kappa shape index (κ2) is 6.61. The van der Waals surface area contributed by atoms with E-state index in [1.54, 1.807) is 18.2 Å². The number of rotatable bonds is 4. The van der Waals surface area contributed by atoms with Gasteiger partial charge in [0.25, 0.3) is 0 Å². The number of ketones is 2. The molecule has 0 spiro atoms. The fraction of sp³-hybridized carbons (Fsp3) is 0.158. The molecule has 122 valence electrons. The first kappa shape index (κ1) is 16.5. The minimum atomic E-state index is -0.161. The van der Waals surface area contributed by atoms with Crippen LogP contribution >= 0.6 is 15.9 Å². The first-order valence-electron chi connectivity index (χ1n) is 7.41. The largest absolute Gasteiger partial charge is 0.485 e. The first-order chi connectivity index (χ1) is 11.5. The number of fused-ring (bicyclic) bond motifs is 1. The molecule has 0 N–H and O–H groups in total. The highest BCUT2D eigenvalue weighted by Gasteiger charge is 2.30. The molecule has 0 radical (unpaired) electrons. The lowest BCUT2D eigenvalue weighted by atomic mass is 10.1. The van der Waals surface area contributed by atoms with Crippen molar-refractivity contribution in [3.63, 3.8) is 0 Å². The van der Waals surface area contributed by atoms with Crippen LogP contribution in [-0.4, -0.2) is 18.2 Å². The van der Waals surface area contributed by atoms with Crippen molar-refractivity contribution in [3.05, 3.63) is 63.3 Å². The lowest BCUT2D eigenvalue weighted by molar-refractivity contribution is -0.118. The van der Waals surface area contributed by atoms with E-state index < -0.39 is 0 Å². The Kier molecular flexibility index (Phi) is 4.53. The van der Waals surface area contributed by atoms with Gasteiger partial charge in [0.15, 0.2) is 11.5 Å². The van der Waals surface area contributed by atoms with Gasteiger partial charge in [-0.05, 0) is 49.8 Å². The third-order valence-electron chi connectivity index (χ3n) is 3.61. The molecule has 0 saturated heterocycles. The maximum Gasteiger partial charge on any atom is 0.231 e. The van der Waals surface area contributed by atoms with Crippen LogP contribution in [0.4, 0.5) is 0 Å². The van der Waals surface area contributed by atoms with Crippen molar-refractivity contribution in [1.82, 2.24) is 0 Å². The summed E-state index contributed by atoms with van der Waals surface area (Å²) in [6, 6.07) is 11.0. The summed E-state index contributed by atoms with van der Waals surface area (Å²) in [6.07, 6.45) is 1.71. The highest BCUT2D eigenvalue weighted by atomic mass is 79.9. The average Bonchev–Trinajstić information content (AvgIpc) is 2.84. The number of hydrogen-bond acceptors (Lipinski definition) is 4. The monoisotopic (exact) mass is 386 g/mol. The van der Waals surface area contributed by atoms with Gasteiger partial charge in [0, 0.05) is 10.0 Å². The van der Waals surface area contributed by atoms with Crippen molar-refractivity contribution in [2.24, 2.45) is 0 Å². The number of ether oxygens (including phenoxy) is 2. The van der Waals surface area contributed by atoms with Gasteiger partial charge in [-0.15, -0.1) is 0 Å². The van der Waals surface area contributed by atoms with Gasteiger partial charge in [0.1, 0.15) is 18.1 Å². The van der Waals surface area contributed by atoms with Crippen LogP contribution in [0.25, 0.3) is 6.08 Å². The Balaban J connectivity index is 1.92. The third-order valence-corrected chi connectivity index (χ3v) is 4.11. The van der Waals surface area contributed by atoms with E-state index in [9.17, 15) is 9.59 Å². The molecule has 4 nitrogen and oxygen atoms in total. The Labute approximate surface area is 148 Å². The molecule has 24 heavy (non-hydrogen) atoms. The minimum Gasteiger partial charge on any atom is -0.485 e. The number of benzene rings is 2. The van der Waals surface area contributed by atoms with E-state index >= 15 is 0 Å². The van der Waals surface area contributed by atoms with Gasteiger partial charge in [-0.25, -0.2) is 0 Å². The summed E-state index contributed by atoms with van der Waals surface area (Å²) in [7, 11) is 0. The Morgan fingerprint density at radius 2 is 2.08 bits per heavy atom. The average molecular weight is 387 g/mol. The summed E-state index contributed by atoms with van der Waals surface area (Å²) in [5, 5.41) is 0. The molecule has 1 aliphatic rings. The van der Waals surface area contributed by atoms with E-state index in [1.165, 1.54) is 6.92 Å². The molecule has 0 aromatic heterocycles. The van der Waals surface area contributed by atoms with Crippen molar-refractivity contribution < 1.29 is 19.1 Å². The Bertz CT molecular complexity index is 868. The smallest absolute Gasteiger partial charge is 0.231 e. The molecule has 0 amide bonds. The van der Waals surface area contributed by atoms with Gasteiger partial charge in [-0.3, -0.25) is 9.59 Å². The summed E-state index contributed by atoms with van der Waals surface area (Å²) in [6.45, 7) is 3.26. The highest BCUT2D eigenvalue weighted by Crippen LogP contribution is 2.39. The molecule has 1 heterocycles. The van der Waals surface area contributed by atoms with E-state index in [2.05, 4.69) is 15.9 Å². The molecule has 0 bridgehead atoms. The van der Waals surface area contributed by atoms with Crippen LogP contribution in [0.2, 0.25) is 0 Å². The van der Waals surface area contributed by atoms with Crippen molar-refractivity contribution in [2.75, 3.05) is 6.61 Å². The van der Waals surface area contributed by atoms with Gasteiger partial charge in [0.2, 0.25) is 5.78 Å². The summed E-state index contributed by atoms with van der Waals surface area (Å²) < 4.78 is 12.2. The van der Waals surface area contributed by atoms with E-state index in [4.69, 9.17) is 9.47 Å². The molecule has 0 saturated carbocycles. The van der Waals surface area contributed by atoms with Crippen molar-refractivity contribution in [1.29, 1.82) is 0 Å². The molecule has 5 heteroatoms. The van der Waals surface area contributed by atoms with Gasteiger partial charge >= 0.3 is 0 Å². The van der Waals surface area contributed by atoms with Crippen LogP contribution in [0.3, 0.4) is 0 Å². The van der Waals surface area contributed by atoms with Crippen LogP contribution in [-0.2, 0) is 4.79 Å². The number of carbonyl (C=O) groups is 2. The normalized spacial score (nSPS) is 14.5. The maximum atomic E-state index is 12.5. The molecule has 0 fully saturated rings. The lowest BCUT2D eigenvalue weighted by Gasteiger charge is -2.10. The number of Topliss-reactive ketones (excluding diaryl/α,β-unsaturated/α-hetero) is 2. The van der Waals surface area contributed by atoms with Gasteiger partial charge < -0.3 is 9.47 Å². The molecule has 1 aliphatic heterocycles. The summed E-state index contributed by atoms with van der Waals surface area (Å²) in [5.74, 6) is 1.07. The van der Waals surface area contributed by atoms with Crippen molar-refractivity contribution in [2.45, 2.75) is 13.8 Å². The molecule has 2 aromatic rings. The zero-order valence-corrected chi connectivity index (χ0v) is 14.8. The summed E-state index contributed by atoms with van der Waals surface area (Å²) in [5.41, 5.74) is 2.08. The lowest BCUT2D eigenvalue weighted by Crippen LogP contribution is -2.07. The third kappa shape index (κ3) is 3.26. The SMILES string of the molecule is CC(=O)COc1ccc2c(c1C)O/C(=C\c1cccc(Br)c1)C2=O. The van der Waals surface area contributed by atoms with Crippen LogP contribution in [0.15, 0.2) is 46.6 Å². The van der Waals surface area contributed by atoms with E-state index in [-0.39, 0.29) is 23.9 Å². The first-order valence-corrected chi connectivity index (χ1v) is 8.20. The molecular formula is C19H15BrO4. The number of hydrogen-bond donors (Lipinski definition) is 0. The molecule has 3 rings (SSSR count). The molecular weight excluding hydrogens is 372 g/mol. The van der Waals surface area contributed by atoms with Crippen molar-refractivity contribution >= 4 is 33.6 Å². The van der Waals surface area contributed by atoms with Gasteiger partial charge in [0.05, 0.1) is 5.56 Å².